The highest BCUT2D eigenvalue weighted by Gasteiger charge is 2.05. The first-order chi connectivity index (χ1) is 4.47. The summed E-state index contributed by atoms with van der Waals surface area (Å²) in [4.78, 5) is 5.17. The third-order valence-electron chi connectivity index (χ3n) is 1.11. The van der Waals surface area contributed by atoms with E-state index in [0.717, 1.165) is 10.6 Å². The van der Waals surface area contributed by atoms with Crippen molar-refractivity contribution in [1.29, 1.82) is 0 Å². The number of thiazole rings is 1. The molecule has 0 atom stereocenters. The summed E-state index contributed by atoms with van der Waals surface area (Å²) in [7, 11) is 0. The molecule has 0 aromatic carbocycles. The lowest BCUT2D eigenvalue weighted by Crippen LogP contribution is -2.04. The van der Waals surface area contributed by atoms with Crippen molar-refractivity contribution >= 4 is 17.4 Å². The fraction of sp³-hybridized carbons (Fsp3) is 0. The molecule has 1 aliphatic rings. The molecular formula is C6H4N2S. The third-order valence-corrected chi connectivity index (χ3v) is 1.86. The first-order valence-corrected chi connectivity index (χ1v) is 3.46. The molecule has 1 aromatic rings. The van der Waals surface area contributed by atoms with Crippen LogP contribution in [0.25, 0.3) is 6.08 Å². The molecule has 1 N–H and O–H groups in total. The van der Waals surface area contributed by atoms with Crippen LogP contribution in [0.5, 0.6) is 0 Å². The summed E-state index contributed by atoms with van der Waals surface area (Å²) in [5.74, 6) is 0. The molecule has 2 nitrogen and oxygen atoms in total. The van der Waals surface area contributed by atoms with Crippen LogP contribution in [0.15, 0.2) is 11.7 Å². The van der Waals surface area contributed by atoms with E-state index in [1.54, 1.807) is 11.3 Å². The summed E-state index contributed by atoms with van der Waals surface area (Å²) >= 11 is 1.59. The largest absolute Gasteiger partial charge is 0.376 e. The van der Waals surface area contributed by atoms with Crippen molar-refractivity contribution in [2.24, 2.45) is 0 Å². The molecule has 1 aliphatic heterocycles. The Morgan fingerprint density at radius 2 is 2.67 bits per heavy atom. The average Bonchev–Trinajstić information content (AvgIpc) is 2.33. The Morgan fingerprint density at radius 1 is 1.67 bits per heavy atom. The van der Waals surface area contributed by atoms with Gasteiger partial charge in [-0.25, -0.2) is 4.98 Å². The molecule has 1 aromatic heterocycles. The third kappa shape index (κ3) is 0.733. The predicted octanol–water partition coefficient (Wildman–Crippen LogP) is 1.10. The quantitative estimate of drug-likeness (QED) is 0.577. The van der Waals surface area contributed by atoms with Crippen LogP contribution in [0.1, 0.15) is 10.6 Å². The molecule has 9 heavy (non-hydrogen) atoms. The van der Waals surface area contributed by atoms with Gasteiger partial charge in [0.2, 0.25) is 0 Å². The van der Waals surface area contributed by atoms with E-state index in [1.165, 1.54) is 0 Å². The highest BCUT2D eigenvalue weighted by Crippen LogP contribution is 2.17. The maximum absolute atomic E-state index is 4.09. The van der Waals surface area contributed by atoms with Crippen molar-refractivity contribution in [2.45, 2.75) is 0 Å². The van der Waals surface area contributed by atoms with E-state index in [2.05, 4.69) is 16.8 Å². The van der Waals surface area contributed by atoms with E-state index >= 15 is 0 Å². The van der Waals surface area contributed by atoms with Crippen LogP contribution in [0.3, 0.4) is 0 Å². The van der Waals surface area contributed by atoms with Crippen LogP contribution in [-0.2, 0) is 0 Å². The summed E-state index contributed by atoms with van der Waals surface area (Å²) in [6.45, 7) is 2.96. The van der Waals surface area contributed by atoms with Crippen LogP contribution in [0.4, 0.5) is 0 Å². The van der Waals surface area contributed by atoms with Gasteiger partial charge in [-0.05, 0) is 12.3 Å². The van der Waals surface area contributed by atoms with Crippen molar-refractivity contribution in [3.63, 3.8) is 0 Å². The SMILES string of the molecule is [C]1NC=Cc2ncsc21. The Kier molecular flexibility index (Phi) is 1.02. The molecule has 0 fully saturated rings. The Morgan fingerprint density at radius 3 is 3.56 bits per heavy atom. The minimum atomic E-state index is 1.01. The number of hydrogen-bond acceptors (Lipinski definition) is 3. The monoisotopic (exact) mass is 136 g/mol. The van der Waals surface area contributed by atoms with E-state index in [1.807, 2.05) is 17.8 Å². The molecule has 0 saturated heterocycles. The molecule has 0 bridgehead atoms. The molecule has 0 saturated carbocycles. The van der Waals surface area contributed by atoms with E-state index < -0.39 is 0 Å². The number of fused-ring (bicyclic) bond motifs is 1. The molecule has 2 radical (unpaired) electrons. The zero-order valence-electron chi connectivity index (χ0n) is 4.59. The summed E-state index contributed by atoms with van der Waals surface area (Å²) in [5.41, 5.74) is 2.83. The van der Waals surface area contributed by atoms with Gasteiger partial charge in [0.1, 0.15) is 6.54 Å². The lowest BCUT2D eigenvalue weighted by atomic mass is 10.3. The van der Waals surface area contributed by atoms with Crippen molar-refractivity contribution < 1.29 is 0 Å². The average molecular weight is 136 g/mol. The first-order valence-electron chi connectivity index (χ1n) is 2.58. The second-order valence-electron chi connectivity index (χ2n) is 1.67. The topological polar surface area (TPSA) is 24.9 Å². The van der Waals surface area contributed by atoms with Gasteiger partial charge in [0.05, 0.1) is 16.1 Å². The predicted molar refractivity (Wildman–Crippen MR) is 36.6 cm³/mol. The van der Waals surface area contributed by atoms with Gasteiger partial charge in [-0.1, -0.05) is 0 Å². The van der Waals surface area contributed by atoms with E-state index in [9.17, 15) is 0 Å². The molecule has 2 heterocycles. The first kappa shape index (κ1) is 4.99. The molecular weight excluding hydrogens is 132 g/mol. The van der Waals surface area contributed by atoms with Gasteiger partial charge in [-0.3, -0.25) is 0 Å². The maximum Gasteiger partial charge on any atom is 0.136 e. The van der Waals surface area contributed by atoms with Gasteiger partial charge in [0.25, 0.3) is 0 Å². The molecule has 44 valence electrons. The van der Waals surface area contributed by atoms with Crippen molar-refractivity contribution in [3.05, 3.63) is 28.8 Å². The van der Waals surface area contributed by atoms with Crippen LogP contribution in [-0.4, -0.2) is 4.98 Å². The van der Waals surface area contributed by atoms with Crippen LogP contribution in [0.2, 0.25) is 0 Å². The highest BCUT2D eigenvalue weighted by atomic mass is 32.1. The summed E-state index contributed by atoms with van der Waals surface area (Å²) in [5, 5.41) is 2.87. The Labute approximate surface area is 57.2 Å². The second-order valence-corrected chi connectivity index (χ2v) is 2.52. The number of hydrogen-bond donors (Lipinski definition) is 1. The van der Waals surface area contributed by atoms with E-state index in [4.69, 9.17) is 0 Å². The lowest BCUT2D eigenvalue weighted by molar-refractivity contribution is 1.07. The van der Waals surface area contributed by atoms with Gasteiger partial charge in [0, 0.05) is 0 Å². The van der Waals surface area contributed by atoms with Crippen LogP contribution < -0.4 is 5.32 Å². The second kappa shape index (κ2) is 1.84. The number of aromatic nitrogens is 1. The smallest absolute Gasteiger partial charge is 0.136 e. The van der Waals surface area contributed by atoms with Crippen molar-refractivity contribution in [3.8, 4) is 0 Å². The maximum atomic E-state index is 4.09. The minimum Gasteiger partial charge on any atom is -0.376 e. The molecule has 0 amide bonds. The molecule has 0 unspecified atom stereocenters. The van der Waals surface area contributed by atoms with Gasteiger partial charge in [-0.15, -0.1) is 11.3 Å². The summed E-state index contributed by atoms with van der Waals surface area (Å²) in [6, 6.07) is 0. The van der Waals surface area contributed by atoms with Gasteiger partial charge >= 0.3 is 0 Å². The minimum absolute atomic E-state index is 1.01. The van der Waals surface area contributed by atoms with E-state index in [0.29, 0.717) is 0 Å². The molecule has 0 aliphatic carbocycles. The molecule has 2 rings (SSSR count). The highest BCUT2D eigenvalue weighted by molar-refractivity contribution is 7.10. The van der Waals surface area contributed by atoms with Crippen molar-refractivity contribution in [2.75, 3.05) is 0 Å². The summed E-state index contributed by atoms with van der Waals surface area (Å²) < 4.78 is 0. The zero-order valence-corrected chi connectivity index (χ0v) is 5.40. The number of nitrogens with zero attached hydrogens (tertiary/aromatic N) is 1. The van der Waals surface area contributed by atoms with Crippen molar-refractivity contribution in [1.82, 2.24) is 10.3 Å². The zero-order chi connectivity index (χ0) is 6.10. The fourth-order valence-corrected chi connectivity index (χ4v) is 1.33. The fourth-order valence-electron chi connectivity index (χ4n) is 0.695. The van der Waals surface area contributed by atoms with Crippen LogP contribution >= 0.6 is 11.3 Å². The molecule has 0 spiro atoms. The van der Waals surface area contributed by atoms with Crippen LogP contribution in [0, 0.1) is 6.54 Å². The molecule has 3 heteroatoms. The number of nitrogens with one attached hydrogen (secondary N) is 1. The van der Waals surface area contributed by atoms with E-state index in [-0.39, 0.29) is 0 Å². The summed E-state index contributed by atoms with van der Waals surface area (Å²) in [6.07, 6.45) is 3.75. The Bertz CT molecular complexity index is 239. The van der Waals surface area contributed by atoms with Gasteiger partial charge in [0.15, 0.2) is 0 Å². The Balaban J connectivity index is 2.53. The van der Waals surface area contributed by atoms with Gasteiger partial charge < -0.3 is 5.32 Å². The Hall–Kier alpha value is -0.830. The van der Waals surface area contributed by atoms with Gasteiger partial charge in [-0.2, -0.15) is 0 Å². The lowest BCUT2D eigenvalue weighted by Gasteiger charge is -2.01. The standard InChI is InChI=1S/C6H4N2S/c1-2-7-3-6-5(1)8-4-9-6/h1-2,4,7H. The number of rotatable bonds is 0. The normalized spacial score (nSPS) is 14.7.